The number of hydrogen-bond acceptors (Lipinski definition) is 6. The molecule has 9 nitrogen and oxygen atoms in total. The van der Waals surface area contributed by atoms with E-state index in [2.05, 4.69) is 5.32 Å². The third-order valence-electron chi connectivity index (χ3n) is 4.69. The predicted octanol–water partition coefficient (Wildman–Crippen LogP) is 2.04. The van der Waals surface area contributed by atoms with Crippen LogP contribution in [-0.4, -0.2) is 40.7 Å². The van der Waals surface area contributed by atoms with Crippen LogP contribution in [0, 0.1) is 10.1 Å². The molecule has 9 heteroatoms. The summed E-state index contributed by atoms with van der Waals surface area (Å²) < 4.78 is 5.04. The van der Waals surface area contributed by atoms with Gasteiger partial charge in [0.05, 0.1) is 17.1 Å². The van der Waals surface area contributed by atoms with Gasteiger partial charge in [-0.3, -0.25) is 29.4 Å². The van der Waals surface area contributed by atoms with Crippen LogP contribution in [0.25, 0.3) is 0 Å². The molecule has 3 rings (SSSR count). The maximum Gasteiger partial charge on any atom is 0.282 e. The zero-order valence-corrected chi connectivity index (χ0v) is 15.9. The Hall–Kier alpha value is -3.59. The predicted molar refractivity (Wildman–Crippen MR) is 102 cm³/mol. The Morgan fingerprint density at radius 2 is 1.79 bits per heavy atom. The van der Waals surface area contributed by atoms with Gasteiger partial charge in [-0.25, -0.2) is 0 Å². The Morgan fingerprint density at radius 3 is 2.41 bits per heavy atom. The van der Waals surface area contributed by atoms with Crippen LogP contribution in [0.2, 0.25) is 0 Å². The van der Waals surface area contributed by atoms with Crippen molar-refractivity contribution in [1.29, 1.82) is 0 Å². The standard InChI is InChI=1S/C20H19N3O6/c1-12(18(24)21-10-13-6-8-14(9-7-13)11-29-2)22-19(25)15-4-3-5-16(23(27)28)17(15)20(22)26/h3-9,12H,10-11H2,1-2H3,(H,21,24). The van der Waals surface area contributed by atoms with Crippen molar-refractivity contribution < 1.29 is 24.0 Å². The van der Waals surface area contributed by atoms with Crippen LogP contribution in [0.3, 0.4) is 0 Å². The fraction of sp³-hybridized carbons (Fsp3) is 0.250. The summed E-state index contributed by atoms with van der Waals surface area (Å²) in [5.74, 6) is -2.10. The second-order valence-corrected chi connectivity index (χ2v) is 6.58. The molecule has 0 radical (unpaired) electrons. The second-order valence-electron chi connectivity index (χ2n) is 6.58. The fourth-order valence-electron chi connectivity index (χ4n) is 3.16. The minimum atomic E-state index is -1.12. The topological polar surface area (TPSA) is 119 Å². The van der Waals surface area contributed by atoms with Crippen LogP contribution in [-0.2, 0) is 22.7 Å². The minimum absolute atomic E-state index is 0.0717. The molecule has 3 amide bonds. The summed E-state index contributed by atoms with van der Waals surface area (Å²) in [6.45, 7) is 2.10. The normalized spacial score (nSPS) is 13.9. The van der Waals surface area contributed by atoms with Crippen molar-refractivity contribution in [2.24, 2.45) is 0 Å². The van der Waals surface area contributed by atoms with E-state index in [0.29, 0.717) is 6.61 Å². The number of methoxy groups -OCH3 is 1. The molecule has 0 saturated heterocycles. The molecule has 0 aromatic heterocycles. The summed E-state index contributed by atoms with van der Waals surface area (Å²) >= 11 is 0. The Kier molecular flexibility index (Phi) is 5.69. The van der Waals surface area contributed by atoms with E-state index >= 15 is 0 Å². The highest BCUT2D eigenvalue weighted by atomic mass is 16.6. The number of nitro benzene ring substituents is 1. The maximum atomic E-state index is 12.7. The average Bonchev–Trinajstić information content (AvgIpc) is 2.97. The molecule has 1 aliphatic heterocycles. The van der Waals surface area contributed by atoms with Crippen molar-refractivity contribution in [1.82, 2.24) is 10.2 Å². The average molecular weight is 397 g/mol. The summed E-state index contributed by atoms with van der Waals surface area (Å²) in [6.07, 6.45) is 0. The summed E-state index contributed by atoms with van der Waals surface area (Å²) in [6, 6.07) is 10.1. The number of carbonyl (C=O) groups is 3. The lowest BCUT2D eigenvalue weighted by molar-refractivity contribution is -0.385. The number of ether oxygens (including phenoxy) is 1. The Morgan fingerprint density at radius 1 is 1.14 bits per heavy atom. The molecule has 2 aromatic rings. The molecule has 0 bridgehead atoms. The van der Waals surface area contributed by atoms with Gasteiger partial charge in [-0.05, 0) is 24.1 Å². The number of nitrogens with one attached hydrogen (secondary N) is 1. The van der Waals surface area contributed by atoms with Crippen molar-refractivity contribution in [2.45, 2.75) is 26.1 Å². The number of imide groups is 1. The first-order chi connectivity index (χ1) is 13.8. The lowest BCUT2D eigenvalue weighted by Gasteiger charge is -2.21. The van der Waals surface area contributed by atoms with Crippen molar-refractivity contribution >= 4 is 23.4 Å². The van der Waals surface area contributed by atoms with Crippen molar-refractivity contribution in [3.8, 4) is 0 Å². The van der Waals surface area contributed by atoms with E-state index in [1.807, 2.05) is 24.3 Å². The largest absolute Gasteiger partial charge is 0.380 e. The number of hydrogen-bond donors (Lipinski definition) is 1. The molecule has 1 atom stereocenters. The Balaban J connectivity index is 1.71. The molecule has 29 heavy (non-hydrogen) atoms. The van der Waals surface area contributed by atoms with Gasteiger partial charge in [-0.1, -0.05) is 30.3 Å². The molecule has 150 valence electrons. The number of benzene rings is 2. The smallest absolute Gasteiger partial charge is 0.282 e. The Labute approximate surface area is 166 Å². The SMILES string of the molecule is COCc1ccc(CNC(=O)C(C)N2C(=O)c3cccc([N+](=O)[O-])c3C2=O)cc1. The van der Waals surface area contributed by atoms with Gasteiger partial charge < -0.3 is 10.1 Å². The van der Waals surface area contributed by atoms with Gasteiger partial charge in [0, 0.05) is 19.7 Å². The molecule has 1 unspecified atom stereocenters. The molecular formula is C20H19N3O6. The number of amides is 3. The summed E-state index contributed by atoms with van der Waals surface area (Å²) in [7, 11) is 1.60. The van der Waals surface area contributed by atoms with Gasteiger partial charge in [0.2, 0.25) is 5.91 Å². The van der Waals surface area contributed by atoms with Crippen LogP contribution < -0.4 is 5.32 Å². The number of carbonyl (C=O) groups excluding carboxylic acids is 3. The number of nitrogens with zero attached hydrogens (tertiary/aromatic N) is 2. The number of fused-ring (bicyclic) bond motifs is 1. The van der Waals surface area contributed by atoms with Gasteiger partial charge in [-0.2, -0.15) is 0 Å². The van der Waals surface area contributed by atoms with Crippen LogP contribution in [0.15, 0.2) is 42.5 Å². The van der Waals surface area contributed by atoms with Gasteiger partial charge in [0.15, 0.2) is 0 Å². The van der Waals surface area contributed by atoms with E-state index in [1.165, 1.54) is 19.1 Å². The van der Waals surface area contributed by atoms with E-state index in [9.17, 15) is 24.5 Å². The van der Waals surface area contributed by atoms with Crippen LogP contribution in [0.1, 0.15) is 38.8 Å². The van der Waals surface area contributed by atoms with E-state index in [4.69, 9.17) is 4.74 Å². The highest BCUT2D eigenvalue weighted by molar-refractivity contribution is 6.24. The highest BCUT2D eigenvalue weighted by Crippen LogP contribution is 2.31. The van der Waals surface area contributed by atoms with Gasteiger partial charge in [0.25, 0.3) is 17.5 Å². The van der Waals surface area contributed by atoms with Crippen molar-refractivity contribution in [2.75, 3.05) is 7.11 Å². The zero-order chi connectivity index (χ0) is 21.1. The van der Waals surface area contributed by atoms with Gasteiger partial charge in [-0.15, -0.1) is 0 Å². The molecule has 2 aromatic carbocycles. The molecule has 1 N–H and O–H groups in total. The first-order valence-electron chi connectivity index (χ1n) is 8.85. The first-order valence-corrected chi connectivity index (χ1v) is 8.85. The highest BCUT2D eigenvalue weighted by Gasteiger charge is 2.44. The van der Waals surface area contributed by atoms with E-state index in [-0.39, 0.29) is 17.7 Å². The molecule has 0 spiro atoms. The summed E-state index contributed by atoms with van der Waals surface area (Å²) in [5, 5.41) is 13.9. The second kappa shape index (κ2) is 8.19. The number of rotatable bonds is 7. The molecule has 1 heterocycles. The summed E-state index contributed by atoms with van der Waals surface area (Å²) in [5.41, 5.74) is 1.02. The summed E-state index contributed by atoms with van der Waals surface area (Å²) in [4.78, 5) is 49.0. The molecule has 0 aliphatic carbocycles. The van der Waals surface area contributed by atoms with Crippen molar-refractivity contribution in [3.63, 3.8) is 0 Å². The van der Waals surface area contributed by atoms with Crippen LogP contribution in [0.5, 0.6) is 0 Å². The Bertz CT molecular complexity index is 986. The van der Waals surface area contributed by atoms with E-state index in [0.717, 1.165) is 22.1 Å². The molecular weight excluding hydrogens is 378 g/mol. The first kappa shape index (κ1) is 20.2. The van der Waals surface area contributed by atoms with E-state index < -0.39 is 34.4 Å². The van der Waals surface area contributed by atoms with Crippen molar-refractivity contribution in [3.05, 3.63) is 74.8 Å². The van der Waals surface area contributed by atoms with Crippen LogP contribution >= 0.6 is 0 Å². The molecule has 1 aliphatic rings. The third-order valence-corrected chi connectivity index (χ3v) is 4.69. The van der Waals surface area contributed by atoms with Crippen LogP contribution in [0.4, 0.5) is 5.69 Å². The van der Waals surface area contributed by atoms with Gasteiger partial charge in [0.1, 0.15) is 11.6 Å². The molecule has 0 fully saturated rings. The van der Waals surface area contributed by atoms with E-state index in [1.54, 1.807) is 7.11 Å². The maximum absolute atomic E-state index is 12.7. The molecule has 0 saturated carbocycles. The monoisotopic (exact) mass is 397 g/mol. The number of nitro groups is 1. The zero-order valence-electron chi connectivity index (χ0n) is 15.9. The minimum Gasteiger partial charge on any atom is -0.380 e. The third kappa shape index (κ3) is 3.85. The quantitative estimate of drug-likeness (QED) is 0.434. The lowest BCUT2D eigenvalue weighted by Crippen LogP contribution is -2.47. The van der Waals surface area contributed by atoms with Gasteiger partial charge >= 0.3 is 0 Å². The fourth-order valence-corrected chi connectivity index (χ4v) is 3.16. The lowest BCUT2D eigenvalue weighted by atomic mass is 10.1.